The molecule has 0 spiro atoms. The van der Waals surface area contributed by atoms with Crippen LogP contribution in [0.15, 0.2) is 6.20 Å². The van der Waals surface area contributed by atoms with Crippen molar-refractivity contribution in [2.24, 2.45) is 11.7 Å². The molecule has 0 aliphatic heterocycles. The number of hydrogen-bond donors (Lipinski definition) is 1. The van der Waals surface area contributed by atoms with E-state index in [4.69, 9.17) is 5.73 Å². The van der Waals surface area contributed by atoms with Crippen LogP contribution in [0.5, 0.6) is 0 Å². The van der Waals surface area contributed by atoms with Crippen molar-refractivity contribution in [2.75, 3.05) is 0 Å². The van der Waals surface area contributed by atoms with Crippen molar-refractivity contribution < 1.29 is 13.2 Å². The first-order valence-electron chi connectivity index (χ1n) is 6.75. The molecule has 1 saturated carbocycles. The monoisotopic (exact) mass is 292 g/mol. The molecule has 1 fully saturated rings. The Bertz CT molecular complexity index is 395. The summed E-state index contributed by atoms with van der Waals surface area (Å²) in [5.41, 5.74) is 6.04. The quantitative estimate of drug-likeness (QED) is 0.832. The Morgan fingerprint density at radius 2 is 1.89 bits per heavy atom. The Balaban J connectivity index is 1.95. The van der Waals surface area contributed by atoms with Gasteiger partial charge in [-0.05, 0) is 12.3 Å². The lowest BCUT2D eigenvalue weighted by Crippen LogP contribution is -2.14. The Morgan fingerprint density at radius 3 is 2.42 bits per heavy atom. The largest absolute Gasteiger partial charge is 0.443 e. The third-order valence-electron chi connectivity index (χ3n) is 3.69. The molecule has 1 aliphatic rings. The maximum Gasteiger partial charge on any atom is 0.443 e. The molecule has 108 valence electrons. The van der Waals surface area contributed by atoms with Crippen LogP contribution in [0.3, 0.4) is 0 Å². The van der Waals surface area contributed by atoms with E-state index in [2.05, 4.69) is 4.98 Å². The van der Waals surface area contributed by atoms with Gasteiger partial charge < -0.3 is 5.73 Å². The summed E-state index contributed by atoms with van der Waals surface area (Å²) in [5.74, 6) is 0.550. The van der Waals surface area contributed by atoms with E-state index in [1.54, 1.807) is 0 Å². The van der Waals surface area contributed by atoms with Gasteiger partial charge in [0.2, 0.25) is 0 Å². The number of alkyl halides is 3. The lowest BCUT2D eigenvalue weighted by molar-refractivity contribution is -0.137. The average molecular weight is 292 g/mol. The number of rotatable bonds is 3. The first-order chi connectivity index (χ1) is 8.97. The van der Waals surface area contributed by atoms with Gasteiger partial charge in [0.15, 0.2) is 5.01 Å². The van der Waals surface area contributed by atoms with E-state index >= 15 is 0 Å². The predicted octanol–water partition coefficient (Wildman–Crippen LogP) is 4.52. The van der Waals surface area contributed by atoms with E-state index in [0.29, 0.717) is 22.1 Å². The smallest absolute Gasteiger partial charge is 0.323 e. The van der Waals surface area contributed by atoms with Gasteiger partial charge in [0.05, 0.1) is 0 Å². The molecule has 1 heterocycles. The van der Waals surface area contributed by atoms with Gasteiger partial charge in [-0.1, -0.05) is 38.5 Å². The van der Waals surface area contributed by atoms with Gasteiger partial charge in [0.25, 0.3) is 0 Å². The van der Waals surface area contributed by atoms with Gasteiger partial charge in [-0.3, -0.25) is 0 Å². The number of aromatic nitrogens is 1. The lowest BCUT2D eigenvalue weighted by Gasteiger charge is -2.18. The summed E-state index contributed by atoms with van der Waals surface area (Å²) < 4.78 is 37.5. The molecule has 1 atom stereocenters. The molecule has 0 aromatic carbocycles. The summed E-state index contributed by atoms with van der Waals surface area (Å²) in [6, 6.07) is -0.309. The highest BCUT2D eigenvalue weighted by molar-refractivity contribution is 7.11. The van der Waals surface area contributed by atoms with Crippen LogP contribution in [0.2, 0.25) is 0 Å². The second-order valence-electron chi connectivity index (χ2n) is 5.27. The van der Waals surface area contributed by atoms with Crippen LogP contribution in [-0.4, -0.2) is 4.98 Å². The fourth-order valence-electron chi connectivity index (χ4n) is 2.66. The number of nitrogens with two attached hydrogens (primary N) is 1. The third-order valence-corrected chi connectivity index (χ3v) is 4.87. The summed E-state index contributed by atoms with van der Waals surface area (Å²) in [6.45, 7) is 0. The zero-order chi connectivity index (χ0) is 13.9. The third kappa shape index (κ3) is 4.18. The van der Waals surface area contributed by atoms with Gasteiger partial charge in [0, 0.05) is 17.1 Å². The molecule has 0 radical (unpaired) electrons. The van der Waals surface area contributed by atoms with Crippen molar-refractivity contribution in [1.82, 2.24) is 4.98 Å². The number of halogens is 3. The highest BCUT2D eigenvalue weighted by Gasteiger charge is 2.35. The Kier molecular flexibility index (Phi) is 4.84. The second kappa shape index (κ2) is 6.22. The van der Waals surface area contributed by atoms with Crippen LogP contribution in [-0.2, 0) is 6.18 Å². The molecule has 1 aromatic heterocycles. The maximum atomic E-state index is 12.5. The van der Waals surface area contributed by atoms with Crippen LogP contribution in [0, 0.1) is 5.92 Å². The molecule has 1 aromatic rings. The summed E-state index contributed by atoms with van der Waals surface area (Å²) in [7, 11) is 0. The highest BCUT2D eigenvalue weighted by Crippen LogP contribution is 2.36. The molecule has 6 heteroatoms. The van der Waals surface area contributed by atoms with E-state index in [1.165, 1.54) is 31.9 Å². The summed E-state index contributed by atoms with van der Waals surface area (Å²) >= 11 is 0.681. The maximum absolute atomic E-state index is 12.5. The van der Waals surface area contributed by atoms with Gasteiger partial charge in [-0.15, -0.1) is 11.3 Å². The molecule has 2 rings (SSSR count). The molecule has 0 amide bonds. The van der Waals surface area contributed by atoms with E-state index in [9.17, 15) is 13.2 Å². The fourth-order valence-corrected chi connectivity index (χ4v) is 3.46. The second-order valence-corrected chi connectivity index (χ2v) is 6.33. The van der Waals surface area contributed by atoms with E-state index in [0.717, 1.165) is 19.3 Å². The molecule has 2 N–H and O–H groups in total. The van der Waals surface area contributed by atoms with E-state index < -0.39 is 11.2 Å². The fraction of sp³-hybridized carbons (Fsp3) is 0.769. The SMILES string of the molecule is NC(CC1CCCCCC1)c1cnc(C(F)(F)F)s1. The normalized spacial score (nSPS) is 20.2. The summed E-state index contributed by atoms with van der Waals surface area (Å²) in [6.07, 6.45) is 4.98. The van der Waals surface area contributed by atoms with Crippen LogP contribution in [0.1, 0.15) is 60.9 Å². The molecular weight excluding hydrogens is 273 g/mol. The molecule has 1 unspecified atom stereocenters. The molecular formula is C13H19F3N2S. The van der Waals surface area contributed by atoms with Crippen molar-refractivity contribution in [1.29, 1.82) is 0 Å². The van der Waals surface area contributed by atoms with Crippen LogP contribution in [0.25, 0.3) is 0 Å². The minimum Gasteiger partial charge on any atom is -0.323 e. The van der Waals surface area contributed by atoms with E-state index in [1.807, 2.05) is 0 Å². The number of hydrogen-bond acceptors (Lipinski definition) is 3. The van der Waals surface area contributed by atoms with Crippen LogP contribution >= 0.6 is 11.3 Å². The van der Waals surface area contributed by atoms with Crippen molar-refractivity contribution in [2.45, 2.75) is 57.2 Å². The van der Waals surface area contributed by atoms with Crippen molar-refractivity contribution in [3.05, 3.63) is 16.1 Å². The standard InChI is InChI=1S/C13H19F3N2S/c14-13(15,16)12-18-8-11(19-12)10(17)7-9-5-3-1-2-4-6-9/h8-10H,1-7,17H2. The van der Waals surface area contributed by atoms with Gasteiger partial charge in [-0.25, -0.2) is 4.98 Å². The molecule has 1 aliphatic carbocycles. The van der Waals surface area contributed by atoms with Crippen molar-refractivity contribution in [3.8, 4) is 0 Å². The average Bonchev–Trinajstić information content (AvgIpc) is 2.70. The Morgan fingerprint density at radius 1 is 1.26 bits per heavy atom. The van der Waals surface area contributed by atoms with Gasteiger partial charge in [-0.2, -0.15) is 13.2 Å². The minimum absolute atomic E-state index is 0.309. The van der Waals surface area contributed by atoms with Crippen molar-refractivity contribution >= 4 is 11.3 Å². The number of nitrogens with zero attached hydrogens (tertiary/aromatic N) is 1. The zero-order valence-electron chi connectivity index (χ0n) is 10.7. The van der Waals surface area contributed by atoms with Crippen molar-refractivity contribution in [3.63, 3.8) is 0 Å². The molecule has 19 heavy (non-hydrogen) atoms. The van der Waals surface area contributed by atoms with E-state index in [-0.39, 0.29) is 6.04 Å². The van der Waals surface area contributed by atoms with Gasteiger partial charge in [0.1, 0.15) is 0 Å². The molecule has 2 nitrogen and oxygen atoms in total. The zero-order valence-corrected chi connectivity index (χ0v) is 11.6. The number of thiazole rings is 1. The topological polar surface area (TPSA) is 38.9 Å². The lowest BCUT2D eigenvalue weighted by atomic mass is 9.92. The first-order valence-corrected chi connectivity index (χ1v) is 7.57. The van der Waals surface area contributed by atoms with Crippen LogP contribution < -0.4 is 5.73 Å². The molecule has 0 saturated heterocycles. The predicted molar refractivity (Wildman–Crippen MR) is 69.9 cm³/mol. The van der Waals surface area contributed by atoms with Crippen LogP contribution in [0.4, 0.5) is 13.2 Å². The summed E-state index contributed by atoms with van der Waals surface area (Å²) in [5, 5.41) is -0.793. The minimum atomic E-state index is -4.36. The first kappa shape index (κ1) is 14.8. The highest BCUT2D eigenvalue weighted by atomic mass is 32.1. The molecule has 0 bridgehead atoms. The van der Waals surface area contributed by atoms with Gasteiger partial charge >= 0.3 is 6.18 Å². The Hall–Kier alpha value is -0.620. The summed E-state index contributed by atoms with van der Waals surface area (Å²) in [4.78, 5) is 3.99. The Labute approximate surface area is 115 Å².